The molecule has 0 fully saturated rings. The molecule has 1 aromatic carbocycles. The van der Waals surface area contributed by atoms with E-state index >= 15 is 0 Å². The first-order chi connectivity index (χ1) is 12.6. The number of nitrogens with zero attached hydrogens (tertiary/aromatic N) is 2. The highest BCUT2D eigenvalue weighted by Crippen LogP contribution is 2.25. The van der Waals surface area contributed by atoms with Crippen LogP contribution >= 0.6 is 34.4 Å². The zero-order chi connectivity index (χ0) is 18.4. The molecule has 3 aromatic rings. The number of thiophene rings is 1. The molecule has 3 rings (SSSR count). The minimum atomic E-state index is -1.00. The Bertz CT molecular complexity index is 870. The lowest BCUT2D eigenvalue weighted by atomic mass is 10.3. The molecular weight excluding hydrogens is 398 g/mol. The summed E-state index contributed by atoms with van der Waals surface area (Å²) in [6.07, 6.45) is 0.913. The van der Waals surface area contributed by atoms with E-state index in [1.165, 1.54) is 34.0 Å². The topological polar surface area (TPSA) is 66.9 Å². The third kappa shape index (κ3) is 5.48. The van der Waals surface area contributed by atoms with Crippen LogP contribution in [0.25, 0.3) is 0 Å². The van der Waals surface area contributed by atoms with Crippen molar-refractivity contribution in [2.24, 2.45) is 0 Å². The van der Waals surface area contributed by atoms with Crippen molar-refractivity contribution >= 4 is 51.2 Å². The minimum Gasteiger partial charge on any atom is -0.360 e. The van der Waals surface area contributed by atoms with Crippen LogP contribution in [0.5, 0.6) is 0 Å². The number of hydrogen-bond acceptors (Lipinski definition) is 7. The van der Waals surface area contributed by atoms with E-state index < -0.39 is 11.6 Å². The van der Waals surface area contributed by atoms with Crippen molar-refractivity contribution in [3.63, 3.8) is 0 Å². The molecule has 0 saturated carbocycles. The SMILES string of the molecule is O=C(CSc1nnc(NCCc2cccs2)s1)Nc1ccc(F)c(F)c1. The molecule has 0 radical (unpaired) electrons. The highest BCUT2D eigenvalue weighted by molar-refractivity contribution is 8.01. The molecule has 136 valence electrons. The van der Waals surface area contributed by atoms with Crippen LogP contribution < -0.4 is 10.6 Å². The summed E-state index contributed by atoms with van der Waals surface area (Å²) in [6, 6.07) is 7.32. The molecule has 2 aromatic heterocycles. The van der Waals surface area contributed by atoms with Crippen LogP contribution in [0.2, 0.25) is 0 Å². The van der Waals surface area contributed by atoms with Gasteiger partial charge in [-0.2, -0.15) is 0 Å². The highest BCUT2D eigenvalue weighted by Gasteiger charge is 2.10. The first-order valence-electron chi connectivity index (χ1n) is 7.57. The van der Waals surface area contributed by atoms with E-state index in [1.807, 2.05) is 11.4 Å². The number of anilines is 2. The molecule has 2 N–H and O–H groups in total. The molecule has 0 spiro atoms. The minimum absolute atomic E-state index is 0.100. The molecule has 0 saturated heterocycles. The fourth-order valence-corrected chi connectivity index (χ4v) is 4.27. The Morgan fingerprint density at radius 3 is 2.85 bits per heavy atom. The highest BCUT2D eigenvalue weighted by atomic mass is 32.2. The number of hydrogen-bond donors (Lipinski definition) is 2. The largest absolute Gasteiger partial charge is 0.360 e. The van der Waals surface area contributed by atoms with Gasteiger partial charge in [0.25, 0.3) is 0 Å². The fraction of sp³-hybridized carbons (Fsp3) is 0.188. The Hall–Kier alpha value is -2.04. The lowest BCUT2D eigenvalue weighted by Crippen LogP contribution is -2.14. The number of benzene rings is 1. The van der Waals surface area contributed by atoms with E-state index in [4.69, 9.17) is 0 Å². The Morgan fingerprint density at radius 2 is 2.08 bits per heavy atom. The van der Waals surface area contributed by atoms with E-state index in [2.05, 4.69) is 26.9 Å². The lowest BCUT2D eigenvalue weighted by molar-refractivity contribution is -0.113. The first-order valence-corrected chi connectivity index (χ1v) is 10.3. The van der Waals surface area contributed by atoms with Gasteiger partial charge in [0.1, 0.15) is 0 Å². The molecule has 2 heterocycles. The molecular formula is C16H14F2N4OS3. The lowest BCUT2D eigenvalue weighted by Gasteiger charge is -2.04. The van der Waals surface area contributed by atoms with Crippen LogP contribution in [0.15, 0.2) is 40.1 Å². The normalized spacial score (nSPS) is 10.7. The monoisotopic (exact) mass is 412 g/mol. The summed E-state index contributed by atoms with van der Waals surface area (Å²) in [5.41, 5.74) is 0.211. The maximum Gasteiger partial charge on any atom is 0.234 e. The number of aromatic nitrogens is 2. The molecule has 10 heteroatoms. The zero-order valence-electron chi connectivity index (χ0n) is 13.4. The van der Waals surface area contributed by atoms with E-state index in [0.717, 1.165) is 25.1 Å². The fourth-order valence-electron chi connectivity index (χ4n) is 1.99. The van der Waals surface area contributed by atoms with Crippen molar-refractivity contribution in [2.45, 2.75) is 10.8 Å². The van der Waals surface area contributed by atoms with Gasteiger partial charge in [-0.25, -0.2) is 8.78 Å². The van der Waals surface area contributed by atoms with Gasteiger partial charge in [-0.3, -0.25) is 4.79 Å². The number of halogens is 2. The van der Waals surface area contributed by atoms with E-state index in [1.54, 1.807) is 11.3 Å². The van der Waals surface area contributed by atoms with Crippen molar-refractivity contribution in [3.8, 4) is 0 Å². The van der Waals surface area contributed by atoms with Gasteiger partial charge < -0.3 is 10.6 Å². The maximum absolute atomic E-state index is 13.1. The summed E-state index contributed by atoms with van der Waals surface area (Å²) in [7, 11) is 0. The van der Waals surface area contributed by atoms with E-state index in [-0.39, 0.29) is 17.3 Å². The van der Waals surface area contributed by atoms with Crippen LogP contribution in [0.3, 0.4) is 0 Å². The summed E-state index contributed by atoms with van der Waals surface area (Å²) in [6.45, 7) is 0.760. The molecule has 0 aliphatic carbocycles. The average molecular weight is 413 g/mol. The predicted octanol–water partition coefficient (Wildman–Crippen LogP) is 4.26. The van der Waals surface area contributed by atoms with Gasteiger partial charge in [0.2, 0.25) is 11.0 Å². The van der Waals surface area contributed by atoms with Crippen LogP contribution in [-0.4, -0.2) is 28.4 Å². The van der Waals surface area contributed by atoms with Crippen molar-refractivity contribution in [1.29, 1.82) is 0 Å². The maximum atomic E-state index is 13.1. The predicted molar refractivity (Wildman–Crippen MR) is 102 cm³/mol. The number of amides is 1. The smallest absolute Gasteiger partial charge is 0.234 e. The number of carbonyl (C=O) groups excluding carboxylic acids is 1. The van der Waals surface area contributed by atoms with E-state index in [9.17, 15) is 13.6 Å². The molecule has 0 aliphatic heterocycles. The first kappa shape index (κ1) is 18.7. The Morgan fingerprint density at radius 1 is 1.19 bits per heavy atom. The summed E-state index contributed by atoms with van der Waals surface area (Å²) >= 11 is 4.31. The van der Waals surface area contributed by atoms with Gasteiger partial charge in [0.15, 0.2) is 16.0 Å². The van der Waals surface area contributed by atoms with Crippen molar-refractivity contribution in [3.05, 3.63) is 52.2 Å². The van der Waals surface area contributed by atoms with Gasteiger partial charge in [-0.05, 0) is 30.0 Å². The van der Waals surface area contributed by atoms with Crippen LogP contribution in [-0.2, 0) is 11.2 Å². The van der Waals surface area contributed by atoms with E-state index in [0.29, 0.717) is 9.47 Å². The number of nitrogens with one attached hydrogen (secondary N) is 2. The van der Waals surface area contributed by atoms with Crippen molar-refractivity contribution in [2.75, 3.05) is 22.9 Å². The summed E-state index contributed by atoms with van der Waals surface area (Å²) in [4.78, 5) is 13.2. The van der Waals surface area contributed by atoms with Crippen LogP contribution in [0.4, 0.5) is 19.6 Å². The molecule has 5 nitrogen and oxygen atoms in total. The van der Waals surface area contributed by atoms with Gasteiger partial charge in [-0.1, -0.05) is 29.2 Å². The third-order valence-corrected chi connectivity index (χ3v) is 6.11. The summed E-state index contributed by atoms with van der Waals surface area (Å²) in [5, 5.41) is 16.5. The van der Waals surface area contributed by atoms with Crippen molar-refractivity contribution < 1.29 is 13.6 Å². The Kier molecular flexibility index (Phi) is 6.53. The molecule has 0 bridgehead atoms. The number of thioether (sulfide) groups is 1. The molecule has 0 atom stereocenters. The number of rotatable bonds is 8. The van der Waals surface area contributed by atoms with Gasteiger partial charge in [0.05, 0.1) is 5.75 Å². The molecule has 0 aliphatic rings. The summed E-state index contributed by atoms with van der Waals surface area (Å²) < 4.78 is 26.6. The quantitative estimate of drug-likeness (QED) is 0.541. The second kappa shape index (κ2) is 9.06. The third-order valence-electron chi connectivity index (χ3n) is 3.16. The van der Waals surface area contributed by atoms with Crippen LogP contribution in [0, 0.1) is 11.6 Å². The number of carbonyl (C=O) groups is 1. The molecule has 26 heavy (non-hydrogen) atoms. The second-order valence-corrected chi connectivity index (χ2v) is 8.33. The average Bonchev–Trinajstić information content (AvgIpc) is 3.28. The van der Waals surface area contributed by atoms with Gasteiger partial charge in [0, 0.05) is 23.2 Å². The molecule has 0 unspecified atom stereocenters. The second-order valence-electron chi connectivity index (χ2n) is 5.10. The van der Waals surface area contributed by atoms with Crippen LogP contribution in [0.1, 0.15) is 4.88 Å². The van der Waals surface area contributed by atoms with Crippen molar-refractivity contribution in [1.82, 2.24) is 10.2 Å². The summed E-state index contributed by atoms with van der Waals surface area (Å²) in [5.74, 6) is -2.19. The van der Waals surface area contributed by atoms with Gasteiger partial charge >= 0.3 is 0 Å². The zero-order valence-corrected chi connectivity index (χ0v) is 15.8. The molecule has 1 amide bonds. The standard InChI is InChI=1S/C16H14F2N4OS3/c17-12-4-3-10(8-13(12)18)20-14(23)9-25-16-22-21-15(26-16)19-6-5-11-2-1-7-24-11/h1-4,7-8H,5-6,9H2,(H,19,21)(H,20,23). The Labute approximate surface area is 160 Å². The van der Waals surface area contributed by atoms with Gasteiger partial charge in [-0.15, -0.1) is 21.5 Å². The Balaban J connectivity index is 1.42.